The Hall–Kier alpha value is -1.59. The summed E-state index contributed by atoms with van der Waals surface area (Å²) in [6.45, 7) is 5.24. The Labute approximate surface area is 107 Å². The number of hydrogen-bond donors (Lipinski definition) is 2. The highest BCUT2D eigenvalue weighted by atomic mass is 15.3. The predicted octanol–water partition coefficient (Wildman–Crippen LogP) is 1.12. The second kappa shape index (κ2) is 4.59. The van der Waals surface area contributed by atoms with Gasteiger partial charge in [-0.3, -0.25) is 0 Å². The van der Waals surface area contributed by atoms with Crippen LogP contribution in [0, 0.1) is 11.8 Å². The maximum atomic E-state index is 5.75. The van der Waals surface area contributed by atoms with Gasteiger partial charge in [-0.1, -0.05) is 6.92 Å². The molecule has 0 bridgehead atoms. The molecule has 1 aromatic rings. The largest absolute Gasteiger partial charge is 0.368 e. The Morgan fingerprint density at radius 1 is 1.28 bits per heavy atom. The average Bonchev–Trinajstić information content (AvgIpc) is 2.83. The Morgan fingerprint density at radius 3 is 2.67 bits per heavy atom. The highest BCUT2D eigenvalue weighted by molar-refractivity contribution is 5.42. The number of rotatable bonds is 4. The van der Waals surface area contributed by atoms with Crippen molar-refractivity contribution in [1.29, 1.82) is 0 Å². The molecule has 18 heavy (non-hydrogen) atoms. The van der Waals surface area contributed by atoms with E-state index in [1.165, 1.54) is 19.3 Å². The highest BCUT2D eigenvalue weighted by Crippen LogP contribution is 2.37. The Balaban J connectivity index is 1.68. The smallest absolute Gasteiger partial charge is 0.231 e. The number of hydrogen-bond acceptors (Lipinski definition) is 6. The van der Waals surface area contributed by atoms with Crippen molar-refractivity contribution >= 4 is 17.8 Å². The van der Waals surface area contributed by atoms with E-state index in [0.29, 0.717) is 17.8 Å². The molecule has 3 rings (SSSR count). The Bertz CT molecular complexity index is 429. The SMILES string of the molecule is CC1CC1CNc1nc(N)nc(N2CCCC2)n1. The van der Waals surface area contributed by atoms with Gasteiger partial charge in [-0.05, 0) is 31.1 Å². The quantitative estimate of drug-likeness (QED) is 0.831. The molecule has 6 heteroatoms. The van der Waals surface area contributed by atoms with Crippen molar-refractivity contribution in [2.45, 2.75) is 26.2 Å². The number of nitrogens with zero attached hydrogens (tertiary/aromatic N) is 4. The van der Waals surface area contributed by atoms with Crippen LogP contribution in [0.4, 0.5) is 17.8 Å². The first-order chi connectivity index (χ1) is 8.72. The molecule has 0 spiro atoms. The van der Waals surface area contributed by atoms with Gasteiger partial charge in [0.15, 0.2) is 0 Å². The van der Waals surface area contributed by atoms with Crippen LogP contribution in [-0.2, 0) is 0 Å². The summed E-state index contributed by atoms with van der Waals surface area (Å²) in [6.07, 6.45) is 3.70. The van der Waals surface area contributed by atoms with Crippen molar-refractivity contribution in [1.82, 2.24) is 15.0 Å². The average molecular weight is 248 g/mol. The van der Waals surface area contributed by atoms with Crippen LogP contribution in [0.3, 0.4) is 0 Å². The van der Waals surface area contributed by atoms with Gasteiger partial charge in [0.25, 0.3) is 0 Å². The molecular weight excluding hydrogens is 228 g/mol. The molecule has 2 fully saturated rings. The van der Waals surface area contributed by atoms with Gasteiger partial charge in [0.1, 0.15) is 0 Å². The summed E-state index contributed by atoms with van der Waals surface area (Å²) in [5.74, 6) is 3.22. The molecule has 1 saturated heterocycles. The van der Waals surface area contributed by atoms with Crippen molar-refractivity contribution < 1.29 is 0 Å². The zero-order valence-corrected chi connectivity index (χ0v) is 10.8. The molecule has 1 aromatic heterocycles. The number of anilines is 3. The fourth-order valence-corrected chi connectivity index (χ4v) is 2.42. The first-order valence-corrected chi connectivity index (χ1v) is 6.73. The second-order valence-electron chi connectivity index (χ2n) is 5.37. The van der Waals surface area contributed by atoms with E-state index in [4.69, 9.17) is 5.73 Å². The number of nitrogens with two attached hydrogens (primary N) is 1. The third-order valence-electron chi connectivity index (χ3n) is 3.83. The van der Waals surface area contributed by atoms with Crippen LogP contribution < -0.4 is 16.0 Å². The fraction of sp³-hybridized carbons (Fsp3) is 0.750. The van der Waals surface area contributed by atoms with E-state index < -0.39 is 0 Å². The zero-order chi connectivity index (χ0) is 12.5. The third kappa shape index (κ3) is 2.47. The van der Waals surface area contributed by atoms with Crippen molar-refractivity contribution in [2.24, 2.45) is 11.8 Å². The summed E-state index contributed by atoms with van der Waals surface area (Å²) in [6, 6.07) is 0. The first kappa shape index (κ1) is 11.5. The molecular formula is C12H20N6. The maximum absolute atomic E-state index is 5.75. The van der Waals surface area contributed by atoms with Crippen LogP contribution >= 0.6 is 0 Å². The van der Waals surface area contributed by atoms with E-state index in [9.17, 15) is 0 Å². The van der Waals surface area contributed by atoms with Crippen LogP contribution in [0.5, 0.6) is 0 Å². The molecule has 98 valence electrons. The lowest BCUT2D eigenvalue weighted by Gasteiger charge is -2.16. The molecule has 2 aliphatic rings. The van der Waals surface area contributed by atoms with Crippen LogP contribution in [0.15, 0.2) is 0 Å². The molecule has 1 saturated carbocycles. The van der Waals surface area contributed by atoms with Crippen LogP contribution in [0.2, 0.25) is 0 Å². The molecule has 2 unspecified atom stereocenters. The summed E-state index contributed by atoms with van der Waals surface area (Å²) in [5, 5.41) is 3.27. The number of nitrogen functional groups attached to an aromatic ring is 1. The van der Waals surface area contributed by atoms with Gasteiger partial charge in [0, 0.05) is 19.6 Å². The monoisotopic (exact) mass is 248 g/mol. The summed E-state index contributed by atoms with van der Waals surface area (Å²) < 4.78 is 0. The molecule has 0 aromatic carbocycles. The van der Waals surface area contributed by atoms with Gasteiger partial charge in [-0.15, -0.1) is 0 Å². The van der Waals surface area contributed by atoms with Crippen molar-refractivity contribution in [3.63, 3.8) is 0 Å². The van der Waals surface area contributed by atoms with Crippen LogP contribution in [-0.4, -0.2) is 34.6 Å². The van der Waals surface area contributed by atoms with E-state index in [2.05, 4.69) is 32.1 Å². The third-order valence-corrected chi connectivity index (χ3v) is 3.83. The normalized spacial score (nSPS) is 26.4. The van der Waals surface area contributed by atoms with Crippen molar-refractivity contribution in [3.8, 4) is 0 Å². The van der Waals surface area contributed by atoms with Crippen LogP contribution in [0.25, 0.3) is 0 Å². The molecule has 1 aliphatic carbocycles. The lowest BCUT2D eigenvalue weighted by molar-refractivity contribution is 0.778. The van der Waals surface area contributed by atoms with E-state index in [0.717, 1.165) is 31.5 Å². The van der Waals surface area contributed by atoms with Crippen molar-refractivity contribution in [2.75, 3.05) is 35.6 Å². The minimum absolute atomic E-state index is 0.304. The second-order valence-corrected chi connectivity index (χ2v) is 5.37. The molecule has 0 radical (unpaired) electrons. The van der Waals surface area contributed by atoms with Crippen LogP contribution in [0.1, 0.15) is 26.2 Å². The summed E-state index contributed by atoms with van der Waals surface area (Å²) in [7, 11) is 0. The molecule has 6 nitrogen and oxygen atoms in total. The predicted molar refractivity (Wildman–Crippen MR) is 71.4 cm³/mol. The van der Waals surface area contributed by atoms with Gasteiger partial charge >= 0.3 is 0 Å². The standard InChI is InChI=1S/C12H20N6/c1-8-6-9(8)7-14-11-15-10(13)16-12(17-11)18-4-2-3-5-18/h8-9H,2-7H2,1H3,(H3,13,14,15,16,17). The van der Waals surface area contributed by atoms with Crippen molar-refractivity contribution in [3.05, 3.63) is 0 Å². The number of nitrogens with one attached hydrogen (secondary N) is 1. The number of aromatic nitrogens is 3. The minimum atomic E-state index is 0.304. The van der Waals surface area contributed by atoms with E-state index in [1.807, 2.05) is 0 Å². The minimum Gasteiger partial charge on any atom is -0.368 e. The Kier molecular flexibility index (Phi) is 2.93. The van der Waals surface area contributed by atoms with E-state index in [-0.39, 0.29) is 0 Å². The fourth-order valence-electron chi connectivity index (χ4n) is 2.42. The van der Waals surface area contributed by atoms with Gasteiger partial charge < -0.3 is 16.0 Å². The lowest BCUT2D eigenvalue weighted by Crippen LogP contribution is -2.22. The molecule has 3 N–H and O–H groups in total. The summed E-state index contributed by atoms with van der Waals surface area (Å²) in [4.78, 5) is 15.0. The van der Waals surface area contributed by atoms with Gasteiger partial charge in [-0.25, -0.2) is 0 Å². The Morgan fingerprint density at radius 2 is 2.00 bits per heavy atom. The zero-order valence-electron chi connectivity index (χ0n) is 10.8. The van der Waals surface area contributed by atoms with Gasteiger partial charge in [0.2, 0.25) is 17.8 Å². The maximum Gasteiger partial charge on any atom is 0.231 e. The van der Waals surface area contributed by atoms with E-state index in [1.54, 1.807) is 0 Å². The lowest BCUT2D eigenvalue weighted by atomic mass is 10.3. The van der Waals surface area contributed by atoms with Gasteiger partial charge in [0.05, 0.1) is 0 Å². The summed E-state index contributed by atoms with van der Waals surface area (Å²) in [5.41, 5.74) is 5.75. The summed E-state index contributed by atoms with van der Waals surface area (Å²) >= 11 is 0. The molecule has 2 atom stereocenters. The van der Waals surface area contributed by atoms with Gasteiger partial charge in [-0.2, -0.15) is 15.0 Å². The highest BCUT2D eigenvalue weighted by Gasteiger charge is 2.32. The first-order valence-electron chi connectivity index (χ1n) is 6.73. The topological polar surface area (TPSA) is 80.0 Å². The van der Waals surface area contributed by atoms with E-state index >= 15 is 0 Å². The molecule has 2 heterocycles. The molecule has 0 amide bonds. The molecule has 1 aliphatic heterocycles.